The fraction of sp³-hybridized carbons (Fsp3) is 0.800. The van der Waals surface area contributed by atoms with Crippen LogP contribution >= 0.6 is 0 Å². The zero-order chi connectivity index (χ0) is 9.85. The lowest BCUT2D eigenvalue weighted by molar-refractivity contribution is -0.142. The van der Waals surface area contributed by atoms with E-state index in [1.165, 1.54) is 0 Å². The number of hydrogen-bond donors (Lipinski definition) is 0. The molecule has 2 aliphatic rings. The molecule has 0 amide bonds. The summed E-state index contributed by atoms with van der Waals surface area (Å²) in [4.78, 5) is 23.0. The predicted octanol–water partition coefficient (Wildman–Crippen LogP) is 1.53. The Balaban J connectivity index is 2.56. The molecular formula is C10H13FO2. The Hall–Kier alpha value is -0.730. The summed E-state index contributed by atoms with van der Waals surface area (Å²) in [7, 11) is 0. The van der Waals surface area contributed by atoms with Gasteiger partial charge in [0, 0.05) is 5.92 Å². The van der Waals surface area contributed by atoms with E-state index >= 15 is 0 Å². The molecule has 2 bridgehead atoms. The van der Waals surface area contributed by atoms with Gasteiger partial charge < -0.3 is 0 Å². The van der Waals surface area contributed by atoms with Gasteiger partial charge in [-0.1, -0.05) is 13.8 Å². The van der Waals surface area contributed by atoms with Crippen LogP contribution in [0.2, 0.25) is 0 Å². The van der Waals surface area contributed by atoms with Gasteiger partial charge in [0.05, 0.1) is 5.41 Å². The Morgan fingerprint density at radius 3 is 2.38 bits per heavy atom. The number of hydrogen-bond acceptors (Lipinski definition) is 2. The van der Waals surface area contributed by atoms with Crippen molar-refractivity contribution in [3.05, 3.63) is 0 Å². The average Bonchev–Trinajstić information content (AvgIpc) is 2.41. The van der Waals surface area contributed by atoms with Crippen molar-refractivity contribution in [3.63, 3.8) is 0 Å². The maximum atomic E-state index is 12.9. The second-order valence-corrected chi connectivity index (χ2v) is 4.72. The van der Waals surface area contributed by atoms with Crippen molar-refractivity contribution in [2.24, 2.45) is 16.7 Å². The maximum Gasteiger partial charge on any atom is 0.207 e. The second kappa shape index (κ2) is 2.20. The highest BCUT2D eigenvalue weighted by Gasteiger charge is 2.68. The Labute approximate surface area is 76.5 Å². The smallest absolute Gasteiger partial charge is 0.207 e. The molecule has 0 unspecified atom stereocenters. The Morgan fingerprint density at radius 2 is 2.08 bits per heavy atom. The van der Waals surface area contributed by atoms with E-state index in [-0.39, 0.29) is 11.7 Å². The van der Waals surface area contributed by atoms with Crippen molar-refractivity contribution in [2.75, 3.05) is 6.67 Å². The first kappa shape index (κ1) is 8.85. The van der Waals surface area contributed by atoms with Gasteiger partial charge in [-0.15, -0.1) is 0 Å². The number of Topliss-reactive ketones (excluding diaryl/α,β-unsaturated/α-hetero) is 2. The molecule has 2 atom stereocenters. The summed E-state index contributed by atoms with van der Waals surface area (Å²) in [6.07, 6.45) is 1.23. The van der Waals surface area contributed by atoms with E-state index in [0.717, 1.165) is 0 Å². The van der Waals surface area contributed by atoms with Crippen LogP contribution in [0.3, 0.4) is 0 Å². The molecule has 2 saturated carbocycles. The number of alkyl halides is 1. The molecule has 0 spiro atoms. The topological polar surface area (TPSA) is 34.1 Å². The minimum Gasteiger partial charge on any atom is -0.291 e. The first-order chi connectivity index (χ1) is 5.97. The van der Waals surface area contributed by atoms with E-state index in [1.54, 1.807) is 0 Å². The summed E-state index contributed by atoms with van der Waals surface area (Å²) in [5, 5.41) is 0. The molecule has 0 aliphatic heterocycles. The largest absolute Gasteiger partial charge is 0.291 e. The third kappa shape index (κ3) is 0.697. The normalized spacial score (nSPS) is 41.6. The van der Waals surface area contributed by atoms with Gasteiger partial charge in [0.2, 0.25) is 11.6 Å². The van der Waals surface area contributed by atoms with Crippen molar-refractivity contribution >= 4 is 11.6 Å². The molecule has 2 aliphatic carbocycles. The summed E-state index contributed by atoms with van der Waals surface area (Å²) in [6.45, 7) is 3.00. The average molecular weight is 184 g/mol. The number of fused-ring (bicyclic) bond motifs is 2. The van der Waals surface area contributed by atoms with E-state index in [4.69, 9.17) is 0 Å². The number of halogens is 1. The van der Waals surface area contributed by atoms with Crippen LogP contribution in [0.4, 0.5) is 4.39 Å². The van der Waals surface area contributed by atoms with Gasteiger partial charge in [-0.2, -0.15) is 0 Å². The van der Waals surface area contributed by atoms with Crippen LogP contribution in [-0.4, -0.2) is 18.2 Å². The van der Waals surface area contributed by atoms with Crippen molar-refractivity contribution in [2.45, 2.75) is 26.7 Å². The molecule has 0 heterocycles. The Morgan fingerprint density at radius 1 is 1.46 bits per heavy atom. The second-order valence-electron chi connectivity index (χ2n) is 4.72. The van der Waals surface area contributed by atoms with Crippen LogP contribution < -0.4 is 0 Å². The molecule has 0 aromatic rings. The van der Waals surface area contributed by atoms with E-state index in [2.05, 4.69) is 0 Å². The van der Waals surface area contributed by atoms with Crippen LogP contribution in [0, 0.1) is 16.7 Å². The molecular weight excluding hydrogens is 171 g/mol. The van der Waals surface area contributed by atoms with Crippen molar-refractivity contribution < 1.29 is 14.0 Å². The van der Waals surface area contributed by atoms with Crippen molar-refractivity contribution in [1.82, 2.24) is 0 Å². The van der Waals surface area contributed by atoms with Gasteiger partial charge in [-0.3, -0.25) is 9.59 Å². The minimum absolute atomic E-state index is 0.226. The lowest BCUT2D eigenvalue weighted by atomic mass is 9.70. The third-order valence-corrected chi connectivity index (χ3v) is 4.17. The van der Waals surface area contributed by atoms with E-state index in [0.29, 0.717) is 12.8 Å². The maximum absolute atomic E-state index is 12.9. The highest BCUT2D eigenvalue weighted by molar-refractivity contribution is 6.43. The summed E-state index contributed by atoms with van der Waals surface area (Å²) in [5.74, 6) is -1.03. The Bertz CT molecular complexity index is 295. The van der Waals surface area contributed by atoms with E-state index in [1.807, 2.05) is 13.8 Å². The molecule has 0 aromatic heterocycles. The molecule has 2 nitrogen and oxygen atoms in total. The molecule has 2 fully saturated rings. The molecule has 0 radical (unpaired) electrons. The van der Waals surface area contributed by atoms with Gasteiger partial charge in [-0.05, 0) is 18.3 Å². The van der Waals surface area contributed by atoms with Crippen LogP contribution in [-0.2, 0) is 9.59 Å². The lowest BCUT2D eigenvalue weighted by Crippen LogP contribution is -2.38. The monoisotopic (exact) mass is 184 g/mol. The quantitative estimate of drug-likeness (QED) is 0.579. The summed E-state index contributed by atoms with van der Waals surface area (Å²) in [6, 6.07) is 0. The zero-order valence-electron chi connectivity index (χ0n) is 7.89. The van der Waals surface area contributed by atoms with Gasteiger partial charge in [0.25, 0.3) is 0 Å². The zero-order valence-corrected chi connectivity index (χ0v) is 7.89. The molecule has 3 heteroatoms. The first-order valence-electron chi connectivity index (χ1n) is 4.62. The van der Waals surface area contributed by atoms with Gasteiger partial charge in [0.15, 0.2) is 0 Å². The molecule has 13 heavy (non-hydrogen) atoms. The minimum atomic E-state index is -0.977. The van der Waals surface area contributed by atoms with Crippen LogP contribution in [0.1, 0.15) is 26.7 Å². The van der Waals surface area contributed by atoms with Gasteiger partial charge >= 0.3 is 0 Å². The van der Waals surface area contributed by atoms with Gasteiger partial charge in [-0.25, -0.2) is 4.39 Å². The summed E-state index contributed by atoms with van der Waals surface area (Å²) >= 11 is 0. The van der Waals surface area contributed by atoms with Crippen LogP contribution in [0.5, 0.6) is 0 Å². The SMILES string of the molecule is CC1(C)[C@H]2CC[C@@]1(CF)C(=O)C2=O. The highest BCUT2D eigenvalue weighted by Crippen LogP contribution is 2.62. The standard InChI is InChI=1S/C10H13FO2/c1-9(2)6-3-4-10(9,5-11)8(13)7(6)12/h6H,3-5H2,1-2H3/t6-,10+/m0/s1. The molecule has 72 valence electrons. The van der Waals surface area contributed by atoms with Crippen LogP contribution in [0.15, 0.2) is 0 Å². The van der Waals surface area contributed by atoms with E-state index < -0.39 is 23.3 Å². The number of carbonyl (C=O) groups excluding carboxylic acids is 2. The molecule has 0 aromatic carbocycles. The number of rotatable bonds is 1. The summed E-state index contributed by atoms with van der Waals surface area (Å²) < 4.78 is 12.9. The van der Waals surface area contributed by atoms with Gasteiger partial charge in [0.1, 0.15) is 6.67 Å². The third-order valence-electron chi connectivity index (χ3n) is 4.17. The number of carbonyl (C=O) groups is 2. The van der Waals surface area contributed by atoms with Crippen molar-refractivity contribution in [1.29, 1.82) is 0 Å². The summed E-state index contributed by atoms with van der Waals surface area (Å²) in [5.41, 5.74) is -1.44. The highest BCUT2D eigenvalue weighted by atomic mass is 19.1. The molecule has 0 saturated heterocycles. The molecule has 2 rings (SSSR count). The fourth-order valence-electron chi connectivity index (χ4n) is 2.97. The predicted molar refractivity (Wildman–Crippen MR) is 44.9 cm³/mol. The Kier molecular flexibility index (Phi) is 1.49. The first-order valence-corrected chi connectivity index (χ1v) is 4.62. The van der Waals surface area contributed by atoms with E-state index in [9.17, 15) is 14.0 Å². The lowest BCUT2D eigenvalue weighted by Gasteiger charge is -2.32. The van der Waals surface area contributed by atoms with Crippen LogP contribution in [0.25, 0.3) is 0 Å². The van der Waals surface area contributed by atoms with Crippen molar-refractivity contribution in [3.8, 4) is 0 Å². The molecule has 0 N–H and O–H groups in total. The number of ketones is 2. The fourth-order valence-corrected chi connectivity index (χ4v) is 2.97.